The van der Waals surface area contributed by atoms with Crippen LogP contribution >= 0.6 is 22.9 Å². The molecule has 0 saturated carbocycles. The highest BCUT2D eigenvalue weighted by atomic mass is 35.5. The summed E-state index contributed by atoms with van der Waals surface area (Å²) in [6.07, 6.45) is 1.38. The lowest BCUT2D eigenvalue weighted by atomic mass is 10.1. The van der Waals surface area contributed by atoms with Crippen molar-refractivity contribution in [3.8, 4) is 0 Å². The van der Waals surface area contributed by atoms with Gasteiger partial charge in [-0.3, -0.25) is 4.79 Å². The lowest BCUT2D eigenvalue weighted by molar-refractivity contribution is -0.121. The summed E-state index contributed by atoms with van der Waals surface area (Å²) in [6.45, 7) is 2.02. The minimum absolute atomic E-state index is 0.0411. The molecule has 1 aromatic heterocycles. The van der Waals surface area contributed by atoms with E-state index in [1.54, 1.807) is 18.2 Å². The van der Waals surface area contributed by atoms with E-state index in [-0.39, 0.29) is 23.3 Å². The maximum atomic E-state index is 12.7. The van der Waals surface area contributed by atoms with Gasteiger partial charge < -0.3 is 5.32 Å². The van der Waals surface area contributed by atoms with E-state index in [0.29, 0.717) is 11.4 Å². The molecular formula is C21H22ClN3O4S2. The molecule has 1 atom stereocenters. The number of hydrogen-bond donors (Lipinski definition) is 2. The highest BCUT2D eigenvalue weighted by Gasteiger charge is 2.20. The predicted molar refractivity (Wildman–Crippen MR) is 120 cm³/mol. The number of nitrogens with two attached hydrogens (primary N) is 1. The van der Waals surface area contributed by atoms with Crippen LogP contribution in [0.25, 0.3) is 0 Å². The second-order valence-corrected chi connectivity index (χ2v) is 9.69. The van der Waals surface area contributed by atoms with Crippen LogP contribution in [0.5, 0.6) is 0 Å². The van der Waals surface area contributed by atoms with Crippen molar-refractivity contribution < 1.29 is 17.5 Å². The second kappa shape index (κ2) is 10.3. The number of aryl methyl sites for hydroxylation is 1. The van der Waals surface area contributed by atoms with Gasteiger partial charge in [-0.2, -0.15) is 18.6 Å². The third-order valence-corrected chi connectivity index (χ3v) is 7.13. The number of hydrogen-bond acceptors (Lipinski definition) is 7. The molecule has 3 rings (SSSR count). The minimum Gasteiger partial charge on any atom is -0.346 e. The number of thiazole rings is 1. The van der Waals surface area contributed by atoms with Gasteiger partial charge in [0, 0.05) is 10.4 Å². The number of carbonyl (C=O) groups is 1. The van der Waals surface area contributed by atoms with Crippen molar-refractivity contribution in [1.82, 2.24) is 10.3 Å². The second-order valence-electron chi connectivity index (χ2n) is 6.82. The number of aromatic nitrogens is 1. The van der Waals surface area contributed by atoms with E-state index < -0.39 is 10.1 Å². The summed E-state index contributed by atoms with van der Waals surface area (Å²) in [6, 6.07) is 13.0. The van der Waals surface area contributed by atoms with Crippen LogP contribution in [0.3, 0.4) is 0 Å². The first-order chi connectivity index (χ1) is 14.8. The molecule has 2 aromatic carbocycles. The van der Waals surface area contributed by atoms with Gasteiger partial charge in [-0.1, -0.05) is 48.9 Å². The fraction of sp³-hybridized carbons (Fsp3) is 0.238. The van der Waals surface area contributed by atoms with E-state index >= 15 is 0 Å². The number of rotatable bonds is 9. The standard InChI is InChI=1S/C21H22ClN3O4S2/c1-2-16-13-30-21(24-16)19(25-20(26)12-15-5-3-4-6-18(15)22)11-14-7-9-17(10-8-14)31(27,28)29-23/h3-10,13,19H,2,11-12,23H2,1H3,(H,25,26)/t19-/m0/s1. The molecule has 0 aliphatic carbocycles. The molecule has 3 N–H and O–H groups in total. The Morgan fingerprint density at radius 2 is 1.94 bits per heavy atom. The summed E-state index contributed by atoms with van der Waals surface area (Å²) in [5.74, 6) is 4.65. The van der Waals surface area contributed by atoms with Crippen LogP contribution < -0.4 is 11.2 Å². The summed E-state index contributed by atoms with van der Waals surface area (Å²) >= 11 is 7.66. The molecule has 0 aliphatic rings. The van der Waals surface area contributed by atoms with Crippen molar-refractivity contribution in [2.75, 3.05) is 0 Å². The van der Waals surface area contributed by atoms with Gasteiger partial charge in [0.05, 0.1) is 23.1 Å². The first kappa shape index (κ1) is 23.4. The van der Waals surface area contributed by atoms with Gasteiger partial charge in [0.25, 0.3) is 0 Å². The van der Waals surface area contributed by atoms with E-state index in [9.17, 15) is 13.2 Å². The Labute approximate surface area is 190 Å². The zero-order chi connectivity index (χ0) is 22.4. The molecule has 164 valence electrons. The molecule has 0 bridgehead atoms. The Kier molecular flexibility index (Phi) is 7.79. The number of halogens is 1. The molecule has 3 aromatic rings. The van der Waals surface area contributed by atoms with Gasteiger partial charge in [-0.15, -0.1) is 11.3 Å². The highest BCUT2D eigenvalue weighted by Crippen LogP contribution is 2.24. The minimum atomic E-state index is -3.97. The number of carbonyl (C=O) groups excluding carboxylic acids is 1. The van der Waals surface area contributed by atoms with Crippen LogP contribution in [0, 0.1) is 0 Å². The summed E-state index contributed by atoms with van der Waals surface area (Å²) in [5, 5.41) is 6.33. The quantitative estimate of drug-likeness (QED) is 0.454. The molecule has 10 heteroatoms. The van der Waals surface area contributed by atoms with Gasteiger partial charge in [-0.25, -0.2) is 4.98 Å². The monoisotopic (exact) mass is 479 g/mol. The highest BCUT2D eigenvalue weighted by molar-refractivity contribution is 7.86. The molecule has 31 heavy (non-hydrogen) atoms. The van der Waals surface area contributed by atoms with Crippen molar-refractivity contribution in [3.05, 3.63) is 80.8 Å². The molecule has 0 fully saturated rings. The van der Waals surface area contributed by atoms with Crippen molar-refractivity contribution in [2.45, 2.75) is 37.1 Å². The first-order valence-electron chi connectivity index (χ1n) is 9.51. The van der Waals surface area contributed by atoms with Crippen LogP contribution in [0.15, 0.2) is 58.8 Å². The third kappa shape index (κ3) is 6.11. The molecule has 1 heterocycles. The Morgan fingerprint density at radius 3 is 2.55 bits per heavy atom. The fourth-order valence-corrected chi connectivity index (χ4v) is 4.72. The van der Waals surface area contributed by atoms with E-state index in [2.05, 4.69) is 14.6 Å². The summed E-state index contributed by atoms with van der Waals surface area (Å²) < 4.78 is 27.5. The van der Waals surface area contributed by atoms with Gasteiger partial charge >= 0.3 is 10.1 Å². The van der Waals surface area contributed by atoms with E-state index in [0.717, 1.165) is 28.2 Å². The average Bonchev–Trinajstić information content (AvgIpc) is 3.25. The van der Waals surface area contributed by atoms with Crippen molar-refractivity contribution in [3.63, 3.8) is 0 Å². The molecule has 0 spiro atoms. The molecule has 7 nitrogen and oxygen atoms in total. The number of nitrogens with zero attached hydrogens (tertiary/aromatic N) is 1. The Hall–Kier alpha value is -2.30. The van der Waals surface area contributed by atoms with E-state index in [1.165, 1.54) is 23.5 Å². The predicted octanol–water partition coefficient (Wildman–Crippen LogP) is 3.58. The molecule has 0 saturated heterocycles. The number of amides is 1. The van der Waals surface area contributed by atoms with Crippen LogP contribution in [0.4, 0.5) is 0 Å². The summed E-state index contributed by atoms with van der Waals surface area (Å²) in [4.78, 5) is 17.3. The molecule has 0 unspecified atom stereocenters. The first-order valence-corrected chi connectivity index (χ1v) is 12.2. The Morgan fingerprint density at radius 1 is 1.23 bits per heavy atom. The van der Waals surface area contributed by atoms with Crippen LogP contribution in [0.2, 0.25) is 5.02 Å². The van der Waals surface area contributed by atoms with E-state index in [1.807, 2.05) is 30.5 Å². The molecule has 0 aliphatic heterocycles. The zero-order valence-corrected chi connectivity index (χ0v) is 19.1. The van der Waals surface area contributed by atoms with Gasteiger partial charge in [0.1, 0.15) is 5.01 Å². The maximum absolute atomic E-state index is 12.7. The number of nitrogens with one attached hydrogen (secondary N) is 1. The molecule has 0 radical (unpaired) electrons. The lowest BCUT2D eigenvalue weighted by Gasteiger charge is -2.17. The Bertz CT molecular complexity index is 1150. The van der Waals surface area contributed by atoms with Crippen molar-refractivity contribution in [1.29, 1.82) is 0 Å². The lowest BCUT2D eigenvalue weighted by Crippen LogP contribution is -2.31. The van der Waals surface area contributed by atoms with Crippen molar-refractivity contribution >= 4 is 39.0 Å². The molecule has 1 amide bonds. The van der Waals surface area contributed by atoms with Crippen LogP contribution in [-0.2, 0) is 38.5 Å². The third-order valence-electron chi connectivity index (χ3n) is 4.65. The largest absolute Gasteiger partial charge is 0.346 e. The average molecular weight is 480 g/mol. The smallest absolute Gasteiger partial charge is 0.312 e. The number of benzene rings is 2. The maximum Gasteiger partial charge on any atom is 0.312 e. The van der Waals surface area contributed by atoms with Crippen LogP contribution in [-0.4, -0.2) is 19.3 Å². The normalized spacial score (nSPS) is 12.5. The summed E-state index contributed by atoms with van der Waals surface area (Å²) in [5.41, 5.74) is 2.52. The summed E-state index contributed by atoms with van der Waals surface area (Å²) in [7, 11) is -3.97. The molecular weight excluding hydrogens is 458 g/mol. The van der Waals surface area contributed by atoms with E-state index in [4.69, 9.17) is 17.5 Å². The SMILES string of the molecule is CCc1csc([C@H](Cc2ccc(S(=O)(=O)ON)cc2)NC(=O)Cc2ccccc2Cl)n1. The van der Waals surface area contributed by atoms with Crippen LogP contribution in [0.1, 0.15) is 34.8 Å². The zero-order valence-electron chi connectivity index (χ0n) is 16.7. The fourth-order valence-electron chi connectivity index (χ4n) is 2.99. The Balaban J connectivity index is 1.80. The van der Waals surface area contributed by atoms with Gasteiger partial charge in [0.15, 0.2) is 0 Å². The van der Waals surface area contributed by atoms with Gasteiger partial charge in [0.2, 0.25) is 5.91 Å². The van der Waals surface area contributed by atoms with Gasteiger partial charge in [-0.05, 0) is 42.2 Å². The van der Waals surface area contributed by atoms with Crippen molar-refractivity contribution in [2.24, 2.45) is 5.90 Å². The topological polar surface area (TPSA) is 111 Å².